The Labute approximate surface area is 146 Å². The summed E-state index contributed by atoms with van der Waals surface area (Å²) in [4.78, 5) is 22.0. The Kier molecular flexibility index (Phi) is 6.00. The summed E-state index contributed by atoms with van der Waals surface area (Å²) in [5.41, 5.74) is 0.535. The Morgan fingerprint density at radius 3 is 2.56 bits per heavy atom. The second-order valence-corrected chi connectivity index (χ2v) is 5.65. The Hall–Kier alpha value is -2.58. The molecular formula is C16H14ClF2N3O3. The molecule has 0 bridgehead atoms. The van der Waals surface area contributed by atoms with Crippen LogP contribution in [0.5, 0.6) is 0 Å². The van der Waals surface area contributed by atoms with Crippen molar-refractivity contribution in [1.29, 1.82) is 0 Å². The van der Waals surface area contributed by atoms with E-state index in [1.54, 1.807) is 6.92 Å². The molecule has 2 rings (SSSR count). The number of benzene rings is 2. The third kappa shape index (κ3) is 4.94. The fourth-order valence-electron chi connectivity index (χ4n) is 2.06. The van der Waals surface area contributed by atoms with Crippen LogP contribution in [0.4, 0.5) is 20.2 Å². The minimum absolute atomic E-state index is 0.0382. The number of nitrogens with zero attached hydrogens (tertiary/aromatic N) is 1. The molecule has 0 unspecified atom stereocenters. The first-order chi connectivity index (χ1) is 11.8. The molecule has 0 fully saturated rings. The normalized spacial score (nSPS) is 11.8. The van der Waals surface area contributed by atoms with Crippen molar-refractivity contribution in [2.24, 2.45) is 0 Å². The first kappa shape index (κ1) is 18.8. The highest BCUT2D eigenvalue weighted by Gasteiger charge is 2.13. The lowest BCUT2D eigenvalue weighted by molar-refractivity contribution is -0.384. The van der Waals surface area contributed by atoms with E-state index in [2.05, 4.69) is 10.6 Å². The van der Waals surface area contributed by atoms with Crippen LogP contribution in [0.3, 0.4) is 0 Å². The number of halogens is 3. The van der Waals surface area contributed by atoms with Gasteiger partial charge in [-0.3, -0.25) is 14.9 Å². The molecule has 0 heterocycles. The maximum Gasteiger partial charge on any atom is 0.271 e. The lowest BCUT2D eigenvalue weighted by Gasteiger charge is -2.14. The van der Waals surface area contributed by atoms with Crippen LogP contribution in [0.25, 0.3) is 0 Å². The van der Waals surface area contributed by atoms with Gasteiger partial charge in [0.05, 0.1) is 22.2 Å². The van der Waals surface area contributed by atoms with Gasteiger partial charge in [0.1, 0.15) is 0 Å². The molecule has 0 spiro atoms. The predicted octanol–water partition coefficient (Wildman–Crippen LogP) is 3.82. The van der Waals surface area contributed by atoms with Crippen LogP contribution in [0.15, 0.2) is 36.4 Å². The van der Waals surface area contributed by atoms with Crippen LogP contribution in [-0.4, -0.2) is 17.4 Å². The van der Waals surface area contributed by atoms with Crippen molar-refractivity contribution in [2.45, 2.75) is 13.0 Å². The van der Waals surface area contributed by atoms with Gasteiger partial charge in [-0.1, -0.05) is 17.7 Å². The fourth-order valence-corrected chi connectivity index (χ4v) is 2.28. The molecule has 0 aliphatic rings. The summed E-state index contributed by atoms with van der Waals surface area (Å²) in [5.74, 6) is -2.35. The van der Waals surface area contributed by atoms with Gasteiger partial charge in [0.15, 0.2) is 11.6 Å². The molecule has 2 aromatic rings. The molecule has 9 heteroatoms. The van der Waals surface area contributed by atoms with E-state index >= 15 is 0 Å². The first-order valence-corrected chi connectivity index (χ1v) is 7.58. The monoisotopic (exact) mass is 369 g/mol. The SMILES string of the molecule is C[C@H](NCC(=O)Nc1ccc([N+](=O)[O-])cc1Cl)c1ccc(F)c(F)c1. The van der Waals surface area contributed by atoms with Crippen molar-refractivity contribution in [2.75, 3.05) is 11.9 Å². The van der Waals surface area contributed by atoms with Crippen molar-refractivity contribution in [1.82, 2.24) is 5.32 Å². The highest BCUT2D eigenvalue weighted by Crippen LogP contribution is 2.26. The molecule has 6 nitrogen and oxygen atoms in total. The third-order valence-corrected chi connectivity index (χ3v) is 3.76. The lowest BCUT2D eigenvalue weighted by atomic mass is 10.1. The Morgan fingerprint density at radius 2 is 1.96 bits per heavy atom. The molecule has 0 aliphatic carbocycles. The van der Waals surface area contributed by atoms with Crippen molar-refractivity contribution in [3.8, 4) is 0 Å². The van der Waals surface area contributed by atoms with Crippen molar-refractivity contribution < 1.29 is 18.5 Å². The van der Waals surface area contributed by atoms with Gasteiger partial charge in [0.25, 0.3) is 5.69 Å². The summed E-state index contributed by atoms with van der Waals surface area (Å²) in [6.07, 6.45) is 0. The maximum absolute atomic E-state index is 13.2. The summed E-state index contributed by atoms with van der Waals surface area (Å²) in [5, 5.41) is 16.1. The van der Waals surface area contributed by atoms with E-state index in [0.29, 0.717) is 5.56 Å². The van der Waals surface area contributed by atoms with E-state index in [0.717, 1.165) is 18.2 Å². The molecule has 25 heavy (non-hydrogen) atoms. The van der Waals surface area contributed by atoms with Crippen LogP contribution in [-0.2, 0) is 4.79 Å². The number of anilines is 1. The summed E-state index contributed by atoms with van der Waals surface area (Å²) in [6.45, 7) is 1.58. The second kappa shape index (κ2) is 8.00. The summed E-state index contributed by atoms with van der Waals surface area (Å²) in [6, 6.07) is 6.77. The van der Waals surface area contributed by atoms with Crippen LogP contribution in [0.1, 0.15) is 18.5 Å². The molecule has 0 radical (unpaired) electrons. The van der Waals surface area contributed by atoms with Gasteiger partial charge in [-0.15, -0.1) is 0 Å². The standard InChI is InChI=1S/C16H14ClF2N3O3/c1-9(10-2-4-13(18)14(19)6-10)20-8-16(23)21-15-5-3-11(22(24)25)7-12(15)17/h2-7,9,20H,8H2,1H3,(H,21,23)/t9-/m0/s1. The van der Waals surface area contributed by atoms with Gasteiger partial charge in [0, 0.05) is 18.2 Å². The van der Waals surface area contributed by atoms with Gasteiger partial charge in [-0.2, -0.15) is 0 Å². The van der Waals surface area contributed by atoms with E-state index in [9.17, 15) is 23.7 Å². The molecule has 0 saturated carbocycles. The van der Waals surface area contributed by atoms with Crippen molar-refractivity contribution >= 4 is 28.9 Å². The predicted molar refractivity (Wildman–Crippen MR) is 89.5 cm³/mol. The Balaban J connectivity index is 1.94. The molecule has 0 saturated heterocycles. The number of hydrogen-bond acceptors (Lipinski definition) is 4. The number of nitrogens with one attached hydrogen (secondary N) is 2. The molecule has 1 atom stereocenters. The molecule has 2 aromatic carbocycles. The van der Waals surface area contributed by atoms with Gasteiger partial charge >= 0.3 is 0 Å². The average molecular weight is 370 g/mol. The number of carbonyl (C=O) groups excluding carboxylic acids is 1. The van der Waals surface area contributed by atoms with E-state index < -0.39 is 28.5 Å². The summed E-state index contributed by atoms with van der Waals surface area (Å²) < 4.78 is 26.1. The zero-order chi connectivity index (χ0) is 18.6. The van der Waals surface area contributed by atoms with E-state index in [1.807, 2.05) is 0 Å². The Bertz CT molecular complexity index is 817. The van der Waals surface area contributed by atoms with Crippen LogP contribution in [0, 0.1) is 21.7 Å². The number of carbonyl (C=O) groups is 1. The summed E-state index contributed by atoms with van der Waals surface area (Å²) >= 11 is 5.89. The number of nitro benzene ring substituents is 1. The van der Waals surface area contributed by atoms with Gasteiger partial charge in [0.2, 0.25) is 5.91 Å². The number of nitro groups is 1. The maximum atomic E-state index is 13.2. The molecule has 0 aromatic heterocycles. The number of non-ortho nitro benzene ring substituents is 1. The zero-order valence-electron chi connectivity index (χ0n) is 13.1. The van der Waals surface area contributed by atoms with Crippen LogP contribution < -0.4 is 10.6 Å². The smallest absolute Gasteiger partial charge is 0.271 e. The number of rotatable bonds is 6. The van der Waals surface area contributed by atoms with E-state index in [-0.39, 0.29) is 22.9 Å². The highest BCUT2D eigenvalue weighted by atomic mass is 35.5. The fraction of sp³-hybridized carbons (Fsp3) is 0.188. The molecule has 0 aliphatic heterocycles. The van der Waals surface area contributed by atoms with Gasteiger partial charge < -0.3 is 10.6 Å². The van der Waals surface area contributed by atoms with Crippen LogP contribution >= 0.6 is 11.6 Å². The van der Waals surface area contributed by atoms with Crippen molar-refractivity contribution in [3.05, 3.63) is 68.7 Å². The highest BCUT2D eigenvalue weighted by molar-refractivity contribution is 6.34. The largest absolute Gasteiger partial charge is 0.324 e. The van der Waals surface area contributed by atoms with Gasteiger partial charge in [-0.05, 0) is 30.7 Å². The number of amides is 1. The third-order valence-electron chi connectivity index (χ3n) is 3.45. The summed E-state index contributed by atoms with van der Waals surface area (Å²) in [7, 11) is 0. The second-order valence-electron chi connectivity index (χ2n) is 5.25. The minimum Gasteiger partial charge on any atom is -0.324 e. The van der Waals surface area contributed by atoms with Crippen molar-refractivity contribution in [3.63, 3.8) is 0 Å². The molecule has 2 N–H and O–H groups in total. The zero-order valence-corrected chi connectivity index (χ0v) is 13.8. The quantitative estimate of drug-likeness (QED) is 0.599. The average Bonchev–Trinajstić information content (AvgIpc) is 2.56. The van der Waals surface area contributed by atoms with E-state index in [4.69, 9.17) is 11.6 Å². The number of hydrogen-bond donors (Lipinski definition) is 2. The molecular weight excluding hydrogens is 356 g/mol. The molecule has 1 amide bonds. The topological polar surface area (TPSA) is 84.3 Å². The molecule has 132 valence electrons. The lowest BCUT2D eigenvalue weighted by Crippen LogP contribution is -2.30. The van der Waals surface area contributed by atoms with E-state index in [1.165, 1.54) is 18.2 Å². The Morgan fingerprint density at radius 1 is 1.24 bits per heavy atom. The van der Waals surface area contributed by atoms with Crippen LogP contribution in [0.2, 0.25) is 5.02 Å². The van der Waals surface area contributed by atoms with Gasteiger partial charge in [-0.25, -0.2) is 8.78 Å². The minimum atomic E-state index is -0.965. The first-order valence-electron chi connectivity index (χ1n) is 7.20.